The van der Waals surface area contributed by atoms with Crippen LogP contribution in [0.4, 0.5) is 0 Å². The van der Waals surface area contributed by atoms with Gasteiger partial charge in [-0.1, -0.05) is 24.3 Å². The van der Waals surface area contributed by atoms with E-state index in [-0.39, 0.29) is 5.91 Å². The maximum absolute atomic E-state index is 12.6. The maximum Gasteiger partial charge on any atom is 0.252 e. The van der Waals surface area contributed by atoms with E-state index in [1.165, 1.54) is 19.3 Å². The van der Waals surface area contributed by atoms with Gasteiger partial charge in [-0.3, -0.25) is 4.79 Å². The van der Waals surface area contributed by atoms with E-state index in [1.54, 1.807) is 0 Å². The average Bonchev–Trinajstić information content (AvgIpc) is 3.07. The molecule has 3 unspecified atom stereocenters. The number of fused-ring (bicyclic) bond motifs is 2. The molecule has 2 fully saturated rings. The van der Waals surface area contributed by atoms with Crippen molar-refractivity contribution in [1.29, 1.82) is 0 Å². The number of nitrogens with one attached hydrogen (secondary N) is 1. The van der Waals surface area contributed by atoms with Gasteiger partial charge in [-0.2, -0.15) is 0 Å². The van der Waals surface area contributed by atoms with E-state index < -0.39 is 0 Å². The zero-order valence-corrected chi connectivity index (χ0v) is 12.5. The SMILES string of the molecule is Cc1ccc(C(=O)NC2CC3CCC2C3)c(C#CCN)c1. The highest BCUT2D eigenvalue weighted by molar-refractivity contribution is 5.97. The number of rotatable bonds is 2. The minimum atomic E-state index is 0.00821. The van der Waals surface area contributed by atoms with Crippen LogP contribution >= 0.6 is 0 Å². The Morgan fingerprint density at radius 2 is 2.24 bits per heavy atom. The quantitative estimate of drug-likeness (QED) is 0.817. The molecule has 2 saturated carbocycles. The van der Waals surface area contributed by atoms with Gasteiger partial charge in [-0.25, -0.2) is 0 Å². The zero-order chi connectivity index (χ0) is 14.8. The van der Waals surface area contributed by atoms with Gasteiger partial charge in [-0.15, -0.1) is 0 Å². The number of carbonyl (C=O) groups excluding carboxylic acids is 1. The van der Waals surface area contributed by atoms with Crippen LogP contribution in [0.25, 0.3) is 0 Å². The largest absolute Gasteiger partial charge is 0.349 e. The molecule has 1 aromatic rings. The molecule has 3 heteroatoms. The molecule has 0 spiro atoms. The molecule has 110 valence electrons. The predicted molar refractivity (Wildman–Crippen MR) is 83.8 cm³/mol. The molecule has 2 bridgehead atoms. The molecule has 0 radical (unpaired) electrons. The summed E-state index contributed by atoms with van der Waals surface area (Å²) in [5.41, 5.74) is 7.99. The molecule has 2 aliphatic carbocycles. The fourth-order valence-electron chi connectivity index (χ4n) is 3.77. The van der Waals surface area contributed by atoms with Crippen molar-refractivity contribution in [2.24, 2.45) is 17.6 Å². The van der Waals surface area contributed by atoms with Crippen LogP contribution in [0, 0.1) is 30.6 Å². The first-order valence-corrected chi connectivity index (χ1v) is 7.78. The summed E-state index contributed by atoms with van der Waals surface area (Å²) < 4.78 is 0. The monoisotopic (exact) mass is 282 g/mol. The number of amides is 1. The van der Waals surface area contributed by atoms with Crippen molar-refractivity contribution in [3.05, 3.63) is 34.9 Å². The summed E-state index contributed by atoms with van der Waals surface area (Å²) >= 11 is 0. The second-order valence-electron chi connectivity index (χ2n) is 6.31. The first-order valence-electron chi connectivity index (χ1n) is 7.78. The van der Waals surface area contributed by atoms with Crippen LogP contribution in [0.5, 0.6) is 0 Å². The number of benzene rings is 1. The molecule has 0 aromatic heterocycles. The fourth-order valence-corrected chi connectivity index (χ4v) is 3.77. The van der Waals surface area contributed by atoms with Gasteiger partial charge in [0.25, 0.3) is 5.91 Å². The molecule has 21 heavy (non-hydrogen) atoms. The van der Waals surface area contributed by atoms with Gasteiger partial charge in [-0.05, 0) is 55.7 Å². The molecule has 0 saturated heterocycles. The van der Waals surface area contributed by atoms with E-state index >= 15 is 0 Å². The molecular weight excluding hydrogens is 260 g/mol. The van der Waals surface area contributed by atoms with Crippen LogP contribution in [0.2, 0.25) is 0 Å². The Morgan fingerprint density at radius 3 is 2.90 bits per heavy atom. The molecule has 2 aliphatic rings. The van der Waals surface area contributed by atoms with Crippen molar-refractivity contribution in [3.8, 4) is 11.8 Å². The Balaban J connectivity index is 1.78. The topological polar surface area (TPSA) is 55.1 Å². The molecule has 1 aromatic carbocycles. The Labute approximate surface area is 126 Å². The van der Waals surface area contributed by atoms with Crippen LogP contribution in [0.15, 0.2) is 18.2 Å². The number of carbonyl (C=O) groups is 1. The van der Waals surface area contributed by atoms with Crippen LogP contribution in [0.1, 0.15) is 47.2 Å². The molecule has 0 heterocycles. The molecule has 0 aliphatic heterocycles. The van der Waals surface area contributed by atoms with Gasteiger partial charge in [0.1, 0.15) is 0 Å². The van der Waals surface area contributed by atoms with Crippen LogP contribution in [-0.2, 0) is 0 Å². The van der Waals surface area contributed by atoms with E-state index in [2.05, 4.69) is 17.2 Å². The predicted octanol–water partition coefficient (Wildman–Crippen LogP) is 2.22. The highest BCUT2D eigenvalue weighted by Gasteiger charge is 2.40. The van der Waals surface area contributed by atoms with Crippen LogP contribution < -0.4 is 11.1 Å². The third-order valence-electron chi connectivity index (χ3n) is 4.80. The Kier molecular flexibility index (Phi) is 3.98. The Morgan fingerprint density at radius 1 is 1.38 bits per heavy atom. The second-order valence-corrected chi connectivity index (χ2v) is 6.31. The van der Waals surface area contributed by atoms with E-state index in [1.807, 2.05) is 25.1 Å². The van der Waals surface area contributed by atoms with Crippen molar-refractivity contribution in [3.63, 3.8) is 0 Å². The first kappa shape index (κ1) is 14.2. The maximum atomic E-state index is 12.6. The van der Waals surface area contributed by atoms with E-state index in [0.29, 0.717) is 24.1 Å². The highest BCUT2D eigenvalue weighted by Crippen LogP contribution is 2.44. The molecular formula is C18H22N2O. The average molecular weight is 282 g/mol. The van der Waals surface area contributed by atoms with E-state index in [9.17, 15) is 4.79 Å². The lowest BCUT2D eigenvalue weighted by molar-refractivity contribution is 0.0922. The standard InChI is InChI=1S/C18H22N2O/c1-12-4-7-16(14(9-12)3-2-8-19)18(21)20-17-11-13-5-6-15(17)10-13/h4,7,9,13,15,17H,5-6,8,10-11,19H2,1H3,(H,20,21). The van der Waals surface area contributed by atoms with Crippen molar-refractivity contribution in [2.45, 2.75) is 38.6 Å². The van der Waals surface area contributed by atoms with Crippen molar-refractivity contribution >= 4 is 5.91 Å². The summed E-state index contributed by atoms with van der Waals surface area (Å²) in [6.45, 7) is 2.31. The normalized spacial score (nSPS) is 26.3. The lowest BCUT2D eigenvalue weighted by Crippen LogP contribution is -2.38. The summed E-state index contributed by atoms with van der Waals surface area (Å²) in [7, 11) is 0. The molecule has 3 rings (SSSR count). The number of nitrogens with two attached hydrogens (primary N) is 1. The molecule has 3 N–H and O–H groups in total. The highest BCUT2D eigenvalue weighted by atomic mass is 16.1. The van der Waals surface area contributed by atoms with Gasteiger partial charge < -0.3 is 11.1 Å². The lowest BCUT2D eigenvalue weighted by Gasteiger charge is -2.23. The molecule has 1 amide bonds. The lowest BCUT2D eigenvalue weighted by atomic mass is 9.94. The first-order chi connectivity index (χ1) is 10.2. The summed E-state index contributed by atoms with van der Waals surface area (Å²) in [5.74, 6) is 7.38. The van der Waals surface area contributed by atoms with E-state index in [4.69, 9.17) is 5.73 Å². The zero-order valence-electron chi connectivity index (χ0n) is 12.5. The Bertz CT molecular complexity index is 611. The van der Waals surface area contributed by atoms with Crippen LogP contribution in [-0.4, -0.2) is 18.5 Å². The smallest absolute Gasteiger partial charge is 0.252 e. The van der Waals surface area contributed by atoms with Gasteiger partial charge in [0, 0.05) is 11.6 Å². The summed E-state index contributed by atoms with van der Waals surface area (Å²) in [4.78, 5) is 12.6. The Hall–Kier alpha value is -1.79. The van der Waals surface area contributed by atoms with Gasteiger partial charge in [0.2, 0.25) is 0 Å². The minimum absolute atomic E-state index is 0.00821. The van der Waals surface area contributed by atoms with Crippen LogP contribution in [0.3, 0.4) is 0 Å². The molecule has 3 nitrogen and oxygen atoms in total. The third kappa shape index (κ3) is 2.96. The van der Waals surface area contributed by atoms with Crippen molar-refractivity contribution in [2.75, 3.05) is 6.54 Å². The number of aryl methyl sites for hydroxylation is 1. The van der Waals surface area contributed by atoms with Gasteiger partial charge >= 0.3 is 0 Å². The minimum Gasteiger partial charge on any atom is -0.349 e. The number of hydrogen-bond acceptors (Lipinski definition) is 2. The van der Waals surface area contributed by atoms with Gasteiger partial charge in [0.05, 0.1) is 12.1 Å². The number of hydrogen-bond donors (Lipinski definition) is 2. The van der Waals surface area contributed by atoms with Crippen molar-refractivity contribution in [1.82, 2.24) is 5.32 Å². The summed E-state index contributed by atoms with van der Waals surface area (Å²) in [6.07, 6.45) is 5.04. The molecule has 3 atom stereocenters. The fraction of sp³-hybridized carbons (Fsp3) is 0.500. The summed E-state index contributed by atoms with van der Waals surface area (Å²) in [6, 6.07) is 6.15. The summed E-state index contributed by atoms with van der Waals surface area (Å²) in [5, 5.41) is 3.22. The second kappa shape index (κ2) is 5.91. The van der Waals surface area contributed by atoms with E-state index in [0.717, 1.165) is 23.5 Å². The third-order valence-corrected chi connectivity index (χ3v) is 4.80. The van der Waals surface area contributed by atoms with Gasteiger partial charge in [0.15, 0.2) is 0 Å². The van der Waals surface area contributed by atoms with Crippen molar-refractivity contribution < 1.29 is 4.79 Å².